The molecule has 0 bridgehead atoms. The Morgan fingerprint density at radius 3 is 2.79 bits per heavy atom. The average Bonchev–Trinajstić information content (AvgIpc) is 2.64. The van der Waals surface area contributed by atoms with Crippen LogP contribution >= 0.6 is 11.6 Å². The van der Waals surface area contributed by atoms with Gasteiger partial charge in [0.15, 0.2) is 0 Å². The smallest absolute Gasteiger partial charge is 0.407 e. The predicted molar refractivity (Wildman–Crippen MR) is 113 cm³/mol. The highest BCUT2D eigenvalue weighted by atomic mass is 35.5. The van der Waals surface area contributed by atoms with Gasteiger partial charge in [0, 0.05) is 31.7 Å². The third-order valence-corrected chi connectivity index (χ3v) is 4.88. The zero-order valence-electron chi connectivity index (χ0n) is 17.3. The summed E-state index contributed by atoms with van der Waals surface area (Å²) in [6, 6.07) is 6.83. The number of rotatable bonds is 6. The number of halogens is 1. The summed E-state index contributed by atoms with van der Waals surface area (Å²) in [7, 11) is 0. The van der Waals surface area contributed by atoms with E-state index in [-0.39, 0.29) is 5.91 Å². The van der Waals surface area contributed by atoms with Crippen molar-refractivity contribution in [1.82, 2.24) is 10.2 Å². The highest BCUT2D eigenvalue weighted by Crippen LogP contribution is 2.21. The molecule has 1 atom stereocenters. The minimum atomic E-state index is -0.505. The lowest BCUT2D eigenvalue weighted by Gasteiger charge is -2.32. The van der Waals surface area contributed by atoms with Crippen LogP contribution in [0.2, 0.25) is 5.02 Å². The summed E-state index contributed by atoms with van der Waals surface area (Å²) in [4.78, 5) is 26.3. The normalized spacial score (nSPS) is 17.3. The molecule has 1 aromatic rings. The van der Waals surface area contributed by atoms with Gasteiger partial charge in [0.25, 0.3) is 0 Å². The Bertz CT molecular complexity index is 770. The fourth-order valence-electron chi connectivity index (χ4n) is 3.23. The molecule has 2 rings (SSSR count). The molecule has 29 heavy (non-hydrogen) atoms. The molecule has 1 aliphatic rings. The number of anilines is 1. The van der Waals surface area contributed by atoms with Gasteiger partial charge in [-0.05, 0) is 64.3 Å². The molecule has 0 radical (unpaired) electrons. The minimum absolute atomic E-state index is 0.0974. The number of carbonyl (C=O) groups is 2. The second-order valence-corrected chi connectivity index (χ2v) is 8.70. The van der Waals surface area contributed by atoms with Gasteiger partial charge >= 0.3 is 6.09 Å². The lowest BCUT2D eigenvalue weighted by atomic mass is 9.98. The molecular formula is C21H29ClN4O3. The Morgan fingerprint density at radius 2 is 2.14 bits per heavy atom. The van der Waals surface area contributed by atoms with E-state index in [2.05, 4.69) is 15.5 Å². The summed E-state index contributed by atoms with van der Waals surface area (Å²) in [5.41, 5.74) is 0.455. The van der Waals surface area contributed by atoms with Crippen molar-refractivity contribution in [2.75, 3.05) is 31.5 Å². The lowest BCUT2D eigenvalue weighted by Crippen LogP contribution is -2.42. The number of piperidine rings is 1. The van der Waals surface area contributed by atoms with Gasteiger partial charge in [-0.25, -0.2) is 4.79 Å². The van der Waals surface area contributed by atoms with E-state index in [4.69, 9.17) is 21.6 Å². The molecule has 1 fully saturated rings. The van der Waals surface area contributed by atoms with Crippen LogP contribution in [0.25, 0.3) is 0 Å². The summed E-state index contributed by atoms with van der Waals surface area (Å²) in [5, 5.41) is 14.9. The van der Waals surface area contributed by atoms with Crippen LogP contribution in [0.4, 0.5) is 10.5 Å². The number of benzene rings is 1. The van der Waals surface area contributed by atoms with Crippen LogP contribution in [-0.4, -0.2) is 48.7 Å². The number of hydrogen-bond donors (Lipinski definition) is 2. The summed E-state index contributed by atoms with van der Waals surface area (Å²) in [6.45, 7) is 8.52. The van der Waals surface area contributed by atoms with Gasteiger partial charge in [-0.15, -0.1) is 0 Å². The first-order valence-corrected chi connectivity index (χ1v) is 10.2. The van der Waals surface area contributed by atoms with E-state index in [1.54, 1.807) is 18.2 Å². The van der Waals surface area contributed by atoms with Crippen molar-refractivity contribution in [2.45, 2.75) is 45.6 Å². The maximum absolute atomic E-state index is 12.2. The van der Waals surface area contributed by atoms with Gasteiger partial charge in [0.2, 0.25) is 5.91 Å². The van der Waals surface area contributed by atoms with Crippen LogP contribution in [0, 0.1) is 17.2 Å². The van der Waals surface area contributed by atoms with Crippen molar-refractivity contribution in [3.05, 3.63) is 28.8 Å². The number of alkyl carbamates (subject to hydrolysis) is 1. The van der Waals surface area contributed by atoms with E-state index in [1.807, 2.05) is 26.8 Å². The van der Waals surface area contributed by atoms with Crippen molar-refractivity contribution in [3.8, 4) is 6.07 Å². The van der Waals surface area contributed by atoms with Gasteiger partial charge in [-0.1, -0.05) is 11.6 Å². The summed E-state index contributed by atoms with van der Waals surface area (Å²) in [5.74, 6) is 0.247. The number of nitriles is 1. The number of hydrogen-bond acceptors (Lipinski definition) is 5. The van der Waals surface area contributed by atoms with E-state index >= 15 is 0 Å². The van der Waals surface area contributed by atoms with Crippen LogP contribution < -0.4 is 10.6 Å². The van der Waals surface area contributed by atoms with Crippen LogP contribution in [-0.2, 0) is 9.53 Å². The number of ether oxygens (including phenoxy) is 1. The molecule has 2 N–H and O–H groups in total. The van der Waals surface area contributed by atoms with E-state index < -0.39 is 11.7 Å². The highest BCUT2D eigenvalue weighted by Gasteiger charge is 2.22. The first-order chi connectivity index (χ1) is 13.7. The number of nitrogens with zero attached hydrogens (tertiary/aromatic N) is 2. The predicted octanol–water partition coefficient (Wildman–Crippen LogP) is 3.78. The second kappa shape index (κ2) is 10.5. The van der Waals surface area contributed by atoms with Gasteiger partial charge < -0.3 is 20.3 Å². The monoisotopic (exact) mass is 420 g/mol. The molecule has 1 heterocycles. The van der Waals surface area contributed by atoms with Gasteiger partial charge in [0.1, 0.15) is 11.7 Å². The van der Waals surface area contributed by atoms with Crippen molar-refractivity contribution < 1.29 is 14.3 Å². The molecule has 1 aliphatic heterocycles. The molecule has 1 unspecified atom stereocenters. The molecule has 0 spiro atoms. The zero-order chi connectivity index (χ0) is 21.4. The van der Waals surface area contributed by atoms with Crippen molar-refractivity contribution >= 4 is 29.3 Å². The lowest BCUT2D eigenvalue weighted by molar-refractivity contribution is -0.116. The van der Waals surface area contributed by atoms with E-state index in [1.165, 1.54) is 0 Å². The molecule has 1 saturated heterocycles. The Labute approximate surface area is 177 Å². The molecule has 2 amide bonds. The van der Waals surface area contributed by atoms with Crippen molar-refractivity contribution in [2.24, 2.45) is 5.92 Å². The zero-order valence-corrected chi connectivity index (χ0v) is 18.0. The molecule has 8 heteroatoms. The topological polar surface area (TPSA) is 94.5 Å². The second-order valence-electron chi connectivity index (χ2n) is 8.30. The van der Waals surface area contributed by atoms with Crippen molar-refractivity contribution in [1.29, 1.82) is 5.26 Å². The highest BCUT2D eigenvalue weighted by molar-refractivity contribution is 6.32. The van der Waals surface area contributed by atoms with Crippen LogP contribution in [0.1, 0.15) is 45.6 Å². The molecular weight excluding hydrogens is 392 g/mol. The first kappa shape index (κ1) is 23.0. The molecule has 1 aromatic carbocycles. The van der Waals surface area contributed by atoms with Crippen LogP contribution in [0.5, 0.6) is 0 Å². The number of likely N-dealkylation sites (tertiary alicyclic amines) is 1. The molecule has 0 aromatic heterocycles. The molecule has 158 valence electrons. The van der Waals surface area contributed by atoms with Crippen molar-refractivity contribution in [3.63, 3.8) is 0 Å². The maximum atomic E-state index is 12.2. The Morgan fingerprint density at radius 1 is 1.38 bits per heavy atom. The SMILES string of the molecule is CC(C)(C)OC(=O)NCC1CCCN(CCC(=O)Nc2ccc(C#N)c(Cl)c2)C1. The maximum Gasteiger partial charge on any atom is 0.407 e. The molecule has 0 aliphatic carbocycles. The Hall–Kier alpha value is -2.30. The van der Waals surface area contributed by atoms with E-state index in [0.717, 1.165) is 25.9 Å². The Kier molecular flexibility index (Phi) is 8.30. The standard InChI is InChI=1S/C21H29ClN4O3/c1-21(2,3)29-20(28)24-13-15-5-4-9-26(14-15)10-8-19(27)25-17-7-6-16(12-23)18(22)11-17/h6-7,11,15H,4-5,8-10,13-14H2,1-3H3,(H,24,28)(H,25,27). The molecule has 0 saturated carbocycles. The van der Waals surface area contributed by atoms with E-state index in [9.17, 15) is 9.59 Å². The quantitative estimate of drug-likeness (QED) is 0.730. The third kappa shape index (κ3) is 8.30. The summed E-state index contributed by atoms with van der Waals surface area (Å²) in [6.07, 6.45) is 2.05. The first-order valence-electron chi connectivity index (χ1n) is 9.85. The fraction of sp³-hybridized carbons (Fsp3) is 0.571. The third-order valence-electron chi connectivity index (χ3n) is 4.57. The summed E-state index contributed by atoms with van der Waals surface area (Å²) < 4.78 is 5.27. The van der Waals surface area contributed by atoms with Gasteiger partial charge in [-0.2, -0.15) is 5.26 Å². The van der Waals surface area contributed by atoms with Crippen LogP contribution in [0.15, 0.2) is 18.2 Å². The largest absolute Gasteiger partial charge is 0.444 e. The fourth-order valence-corrected chi connectivity index (χ4v) is 3.45. The summed E-state index contributed by atoms with van der Waals surface area (Å²) >= 11 is 5.99. The minimum Gasteiger partial charge on any atom is -0.444 e. The van der Waals surface area contributed by atoms with Gasteiger partial charge in [-0.3, -0.25) is 4.79 Å². The Balaban J connectivity index is 1.73. The number of carbonyl (C=O) groups excluding carboxylic acids is 2. The number of nitrogens with one attached hydrogen (secondary N) is 2. The number of amides is 2. The van der Waals surface area contributed by atoms with Crippen LogP contribution in [0.3, 0.4) is 0 Å². The van der Waals surface area contributed by atoms with E-state index in [0.29, 0.717) is 41.7 Å². The molecule has 7 nitrogen and oxygen atoms in total. The average molecular weight is 421 g/mol. The van der Waals surface area contributed by atoms with Gasteiger partial charge in [0.05, 0.1) is 10.6 Å².